The van der Waals surface area contributed by atoms with Gasteiger partial charge in [0.25, 0.3) is 11.2 Å². The first-order chi connectivity index (χ1) is 21.6. The molecule has 0 saturated carbocycles. The maximum atomic E-state index is 14.0. The molecular formula is C34H33N3O7S. The number of fused-ring (bicyclic) bond motifs is 1. The molecule has 232 valence electrons. The number of nitro groups is 1. The number of nitro benzene ring substituents is 1. The first-order valence-corrected chi connectivity index (χ1v) is 15.3. The SMILES string of the molecule is CCOC(=O)C1=C(C)N=c2s/c(=C\c3ccc(OCc4ccc([N+](=O)[O-])cc4)c(OC)c3)c(=O)n2[C@H]1c1ccc(C(C)C)cc1. The third kappa shape index (κ3) is 6.58. The van der Waals surface area contributed by atoms with Crippen LogP contribution in [-0.2, 0) is 16.1 Å². The molecule has 1 aliphatic rings. The Kier molecular flexibility index (Phi) is 9.29. The zero-order valence-electron chi connectivity index (χ0n) is 25.6. The van der Waals surface area contributed by atoms with Gasteiger partial charge in [-0.3, -0.25) is 19.5 Å². The lowest BCUT2D eigenvalue weighted by Gasteiger charge is -2.25. The number of esters is 1. The number of hydrogen-bond acceptors (Lipinski definition) is 9. The lowest BCUT2D eigenvalue weighted by molar-refractivity contribution is -0.384. The first-order valence-electron chi connectivity index (χ1n) is 14.4. The van der Waals surface area contributed by atoms with E-state index in [1.165, 1.54) is 30.6 Å². The Bertz CT molecular complexity index is 1960. The van der Waals surface area contributed by atoms with Crippen molar-refractivity contribution in [1.29, 1.82) is 0 Å². The highest BCUT2D eigenvalue weighted by Gasteiger charge is 2.33. The predicted molar refractivity (Wildman–Crippen MR) is 171 cm³/mol. The van der Waals surface area contributed by atoms with Crippen molar-refractivity contribution in [2.75, 3.05) is 13.7 Å². The third-order valence-electron chi connectivity index (χ3n) is 7.46. The van der Waals surface area contributed by atoms with E-state index in [1.54, 1.807) is 48.8 Å². The fourth-order valence-corrected chi connectivity index (χ4v) is 6.14. The largest absolute Gasteiger partial charge is 0.493 e. The number of aromatic nitrogens is 1. The molecule has 0 amide bonds. The maximum absolute atomic E-state index is 14.0. The van der Waals surface area contributed by atoms with Gasteiger partial charge in [0.2, 0.25) is 0 Å². The summed E-state index contributed by atoms with van der Waals surface area (Å²) in [5.74, 6) is 0.773. The van der Waals surface area contributed by atoms with E-state index in [2.05, 4.69) is 18.8 Å². The molecule has 1 atom stereocenters. The molecule has 5 rings (SSSR count). The van der Waals surface area contributed by atoms with Gasteiger partial charge in [0, 0.05) is 12.1 Å². The maximum Gasteiger partial charge on any atom is 0.338 e. The molecule has 0 bridgehead atoms. The van der Waals surface area contributed by atoms with Gasteiger partial charge in [0.1, 0.15) is 6.61 Å². The van der Waals surface area contributed by atoms with Crippen LogP contribution >= 0.6 is 11.3 Å². The number of thiazole rings is 1. The van der Waals surface area contributed by atoms with Crippen molar-refractivity contribution < 1.29 is 23.9 Å². The number of methoxy groups -OCH3 is 1. The van der Waals surface area contributed by atoms with E-state index >= 15 is 0 Å². The second-order valence-electron chi connectivity index (χ2n) is 10.7. The summed E-state index contributed by atoms with van der Waals surface area (Å²) >= 11 is 1.24. The Balaban J connectivity index is 1.50. The Morgan fingerprint density at radius 1 is 1.09 bits per heavy atom. The van der Waals surface area contributed by atoms with Crippen LogP contribution in [0.25, 0.3) is 6.08 Å². The van der Waals surface area contributed by atoms with E-state index in [0.717, 1.165) is 16.7 Å². The van der Waals surface area contributed by atoms with Crippen LogP contribution in [-0.4, -0.2) is 29.2 Å². The van der Waals surface area contributed by atoms with Crippen LogP contribution in [0.1, 0.15) is 61.9 Å². The second-order valence-corrected chi connectivity index (χ2v) is 11.8. The highest BCUT2D eigenvalue weighted by atomic mass is 32.1. The van der Waals surface area contributed by atoms with Gasteiger partial charge in [-0.15, -0.1) is 0 Å². The molecular weight excluding hydrogens is 594 g/mol. The third-order valence-corrected chi connectivity index (χ3v) is 8.45. The number of allylic oxidation sites excluding steroid dienone is 1. The summed E-state index contributed by atoms with van der Waals surface area (Å²) in [6.07, 6.45) is 1.76. The molecule has 0 aliphatic carbocycles. The fourth-order valence-electron chi connectivity index (χ4n) is 5.09. The zero-order chi connectivity index (χ0) is 32.2. The highest BCUT2D eigenvalue weighted by Crippen LogP contribution is 2.32. The summed E-state index contributed by atoms with van der Waals surface area (Å²) in [5, 5.41) is 10.9. The minimum Gasteiger partial charge on any atom is -0.493 e. The van der Waals surface area contributed by atoms with Crippen LogP contribution in [0.5, 0.6) is 11.5 Å². The molecule has 11 heteroatoms. The topological polar surface area (TPSA) is 122 Å². The highest BCUT2D eigenvalue weighted by molar-refractivity contribution is 7.07. The van der Waals surface area contributed by atoms with Crippen LogP contribution in [0.2, 0.25) is 0 Å². The van der Waals surface area contributed by atoms with E-state index < -0.39 is 16.9 Å². The summed E-state index contributed by atoms with van der Waals surface area (Å²) in [6.45, 7) is 8.12. The molecule has 0 spiro atoms. The molecule has 45 heavy (non-hydrogen) atoms. The molecule has 0 fully saturated rings. The molecule has 0 unspecified atom stereocenters. The lowest BCUT2D eigenvalue weighted by atomic mass is 9.93. The molecule has 0 radical (unpaired) electrons. The summed E-state index contributed by atoms with van der Waals surface area (Å²) in [5.41, 5.74) is 3.99. The molecule has 10 nitrogen and oxygen atoms in total. The zero-order valence-corrected chi connectivity index (χ0v) is 26.4. The Morgan fingerprint density at radius 3 is 2.42 bits per heavy atom. The van der Waals surface area contributed by atoms with Crippen LogP contribution in [0.15, 0.2) is 87.8 Å². The van der Waals surface area contributed by atoms with Crippen molar-refractivity contribution in [3.05, 3.63) is 130 Å². The molecule has 4 aromatic rings. The van der Waals surface area contributed by atoms with Gasteiger partial charge in [-0.2, -0.15) is 0 Å². The quantitative estimate of drug-likeness (QED) is 0.131. The van der Waals surface area contributed by atoms with Crippen molar-refractivity contribution in [3.63, 3.8) is 0 Å². The van der Waals surface area contributed by atoms with Gasteiger partial charge in [-0.1, -0.05) is 55.5 Å². The minimum atomic E-state index is -0.687. The van der Waals surface area contributed by atoms with Crippen LogP contribution < -0.4 is 24.4 Å². The number of rotatable bonds is 10. The average Bonchev–Trinajstić information content (AvgIpc) is 3.33. The number of ether oxygens (including phenoxy) is 3. The van der Waals surface area contributed by atoms with Crippen molar-refractivity contribution in [3.8, 4) is 11.5 Å². The summed E-state index contributed by atoms with van der Waals surface area (Å²) < 4.78 is 18.9. The normalized spacial score (nSPS) is 14.6. The van der Waals surface area contributed by atoms with Gasteiger partial charge in [-0.25, -0.2) is 9.79 Å². The van der Waals surface area contributed by atoms with Gasteiger partial charge in [0.15, 0.2) is 16.3 Å². The first kappa shape index (κ1) is 31.4. The standard InChI is InChI=1S/C34H33N3O7S/c1-6-43-33(39)30-21(4)35-34-36(31(30)25-12-10-24(11-13-25)20(2)3)32(38)29(45-34)18-23-9-16-27(28(17-23)42-5)44-19-22-7-14-26(15-8-22)37(40)41/h7-18,20,31H,6,19H2,1-5H3/b29-18-/t31-/m0/s1. The van der Waals surface area contributed by atoms with Crippen LogP contribution in [0.4, 0.5) is 5.69 Å². The lowest BCUT2D eigenvalue weighted by Crippen LogP contribution is -2.39. The number of nitrogens with zero attached hydrogens (tertiary/aromatic N) is 3. The van der Waals surface area contributed by atoms with Gasteiger partial charge in [0.05, 0.1) is 40.5 Å². The summed E-state index contributed by atoms with van der Waals surface area (Å²) in [4.78, 5) is 42.7. The molecule has 1 aliphatic heterocycles. The van der Waals surface area contributed by atoms with Gasteiger partial charge < -0.3 is 14.2 Å². The number of hydrogen-bond donors (Lipinski definition) is 0. The summed E-state index contributed by atoms with van der Waals surface area (Å²) in [6, 6.07) is 18.7. The second kappa shape index (κ2) is 13.3. The minimum absolute atomic E-state index is 0.00796. The van der Waals surface area contributed by atoms with E-state index in [-0.39, 0.29) is 24.5 Å². The van der Waals surface area contributed by atoms with Crippen molar-refractivity contribution in [1.82, 2.24) is 4.57 Å². The van der Waals surface area contributed by atoms with Crippen molar-refractivity contribution >= 4 is 29.1 Å². The van der Waals surface area contributed by atoms with Gasteiger partial charge in [-0.05, 0) is 72.4 Å². The van der Waals surface area contributed by atoms with E-state index in [1.807, 2.05) is 30.3 Å². The number of carbonyl (C=O) groups excluding carboxylic acids is 1. The van der Waals surface area contributed by atoms with E-state index in [4.69, 9.17) is 14.2 Å². The smallest absolute Gasteiger partial charge is 0.338 e. The van der Waals surface area contributed by atoms with Gasteiger partial charge >= 0.3 is 5.97 Å². The van der Waals surface area contributed by atoms with Crippen LogP contribution in [0, 0.1) is 10.1 Å². The van der Waals surface area contributed by atoms with E-state index in [9.17, 15) is 19.7 Å². The number of benzene rings is 3. The predicted octanol–water partition coefficient (Wildman–Crippen LogP) is 5.42. The Hall–Kier alpha value is -5.03. The van der Waals surface area contributed by atoms with Crippen molar-refractivity contribution in [2.24, 2.45) is 4.99 Å². The summed E-state index contributed by atoms with van der Waals surface area (Å²) in [7, 11) is 1.52. The monoisotopic (exact) mass is 627 g/mol. The Labute approximate surface area is 263 Å². The van der Waals surface area contributed by atoms with Crippen molar-refractivity contribution in [2.45, 2.75) is 46.3 Å². The number of non-ortho nitro benzene ring substituents is 1. The molecule has 0 saturated heterocycles. The fraction of sp³-hybridized carbons (Fsp3) is 0.265. The number of carbonyl (C=O) groups is 1. The molecule has 1 aromatic heterocycles. The van der Waals surface area contributed by atoms with Crippen LogP contribution in [0.3, 0.4) is 0 Å². The average molecular weight is 628 g/mol. The molecule has 0 N–H and O–H groups in total. The van der Waals surface area contributed by atoms with E-state index in [0.29, 0.717) is 43.6 Å². The Morgan fingerprint density at radius 2 is 1.80 bits per heavy atom. The molecule has 2 heterocycles. The molecule has 3 aromatic carbocycles.